The fourth-order valence-corrected chi connectivity index (χ4v) is 5.00. The van der Waals surface area contributed by atoms with Gasteiger partial charge in [-0.2, -0.15) is 12.8 Å². The Balaban J connectivity index is 1.92. The van der Waals surface area contributed by atoms with Gasteiger partial charge in [0.15, 0.2) is 5.03 Å². The topological polar surface area (TPSA) is 118 Å². The minimum absolute atomic E-state index is 0.0527. The van der Waals surface area contributed by atoms with Gasteiger partial charge in [-0.3, -0.25) is 4.79 Å². The number of nitrogens with two attached hydrogens (primary N) is 1. The summed E-state index contributed by atoms with van der Waals surface area (Å²) in [6.07, 6.45) is 2.70. The zero-order valence-corrected chi connectivity index (χ0v) is 18.9. The van der Waals surface area contributed by atoms with E-state index in [4.69, 9.17) is 17.3 Å². The highest BCUT2D eigenvalue weighted by Gasteiger charge is 2.40. The number of anilines is 1. The van der Waals surface area contributed by atoms with Crippen LogP contribution >= 0.6 is 11.6 Å². The summed E-state index contributed by atoms with van der Waals surface area (Å²) in [7, 11) is -4.38. The molecule has 0 spiro atoms. The van der Waals surface area contributed by atoms with E-state index in [0.29, 0.717) is 24.8 Å². The maximum Gasteiger partial charge on any atom is 0.281 e. The molecule has 2 aromatic heterocycles. The van der Waals surface area contributed by atoms with Gasteiger partial charge in [0.05, 0.1) is 5.56 Å². The Morgan fingerprint density at radius 1 is 1.32 bits per heavy atom. The summed E-state index contributed by atoms with van der Waals surface area (Å²) in [4.78, 5) is 22.6. The molecule has 0 aliphatic carbocycles. The van der Waals surface area contributed by atoms with Crippen molar-refractivity contribution in [3.05, 3.63) is 47.0 Å². The molecule has 0 bridgehead atoms. The quantitative estimate of drug-likeness (QED) is 0.598. The van der Waals surface area contributed by atoms with E-state index in [-0.39, 0.29) is 16.3 Å². The number of pyridine rings is 2. The largest absolute Gasteiger partial charge is 0.350 e. The summed E-state index contributed by atoms with van der Waals surface area (Å²) in [5.41, 5.74) is 5.37. The standard InChI is InChI=1S/C20H25ClFN5O3S/c1-20(2)11-13(5-4-10-23)12-27(20)18-14(8-9-15(21)24-18)19(28)26-31(29,30)17-7-3-6-16(22)25-17/h3,6-9,13H,4-5,10-12,23H2,1-2H3,(H,26,28)/t13-/m1/s1. The van der Waals surface area contributed by atoms with Gasteiger partial charge in [0, 0.05) is 12.1 Å². The van der Waals surface area contributed by atoms with Crippen LogP contribution in [0.2, 0.25) is 5.15 Å². The first kappa shape index (κ1) is 23.4. The van der Waals surface area contributed by atoms with Gasteiger partial charge in [0.25, 0.3) is 15.9 Å². The maximum absolute atomic E-state index is 13.4. The van der Waals surface area contributed by atoms with E-state index >= 15 is 0 Å². The predicted octanol–water partition coefficient (Wildman–Crippen LogP) is 2.73. The number of carbonyl (C=O) groups is 1. The molecule has 8 nitrogen and oxygen atoms in total. The first-order chi connectivity index (χ1) is 14.5. The van der Waals surface area contributed by atoms with E-state index in [1.165, 1.54) is 18.2 Å². The molecule has 2 aromatic rings. The molecule has 1 atom stereocenters. The van der Waals surface area contributed by atoms with Crippen LogP contribution < -0.4 is 15.4 Å². The van der Waals surface area contributed by atoms with Gasteiger partial charge < -0.3 is 10.6 Å². The van der Waals surface area contributed by atoms with E-state index in [9.17, 15) is 17.6 Å². The smallest absolute Gasteiger partial charge is 0.281 e. The average molecular weight is 470 g/mol. The lowest BCUT2D eigenvalue weighted by Gasteiger charge is -2.33. The summed E-state index contributed by atoms with van der Waals surface area (Å²) in [5.74, 6) is -1.21. The molecule has 31 heavy (non-hydrogen) atoms. The number of amides is 1. The number of hydrogen-bond acceptors (Lipinski definition) is 7. The molecule has 0 aromatic carbocycles. The lowest BCUT2D eigenvalue weighted by Crippen LogP contribution is -2.41. The van der Waals surface area contributed by atoms with Crippen LogP contribution in [0.3, 0.4) is 0 Å². The van der Waals surface area contributed by atoms with Crippen molar-refractivity contribution in [3.8, 4) is 0 Å². The Hall–Kier alpha value is -2.30. The summed E-state index contributed by atoms with van der Waals surface area (Å²) in [6.45, 7) is 5.31. The van der Waals surface area contributed by atoms with Crippen molar-refractivity contribution in [1.29, 1.82) is 0 Å². The minimum Gasteiger partial charge on any atom is -0.350 e. The van der Waals surface area contributed by atoms with Crippen LogP contribution in [0.5, 0.6) is 0 Å². The Morgan fingerprint density at radius 3 is 2.74 bits per heavy atom. The second kappa shape index (κ2) is 9.05. The predicted molar refractivity (Wildman–Crippen MR) is 116 cm³/mol. The molecule has 11 heteroatoms. The van der Waals surface area contributed by atoms with Crippen LogP contribution in [-0.2, 0) is 10.0 Å². The van der Waals surface area contributed by atoms with Crippen molar-refractivity contribution in [1.82, 2.24) is 14.7 Å². The molecule has 3 rings (SSSR count). The fraction of sp³-hybridized carbons (Fsp3) is 0.450. The van der Waals surface area contributed by atoms with Crippen LogP contribution in [0.1, 0.15) is 43.5 Å². The molecule has 0 saturated carbocycles. The van der Waals surface area contributed by atoms with Crippen molar-refractivity contribution in [3.63, 3.8) is 0 Å². The Morgan fingerprint density at radius 2 is 2.06 bits per heavy atom. The number of halogens is 2. The number of nitrogens with one attached hydrogen (secondary N) is 1. The molecule has 0 unspecified atom stereocenters. The first-order valence-corrected chi connectivity index (χ1v) is 11.7. The number of rotatable bonds is 7. The number of sulfonamides is 1. The highest BCUT2D eigenvalue weighted by molar-refractivity contribution is 7.90. The highest BCUT2D eigenvalue weighted by atomic mass is 35.5. The Kier molecular flexibility index (Phi) is 6.82. The number of carbonyl (C=O) groups excluding carboxylic acids is 1. The van der Waals surface area contributed by atoms with Crippen molar-refractivity contribution in [2.45, 2.75) is 43.7 Å². The Labute approximate surface area is 186 Å². The van der Waals surface area contributed by atoms with Gasteiger partial charge >= 0.3 is 0 Å². The normalized spacial score (nSPS) is 18.2. The Bertz CT molecular complexity index is 1080. The van der Waals surface area contributed by atoms with Gasteiger partial charge in [-0.05, 0) is 69.8 Å². The summed E-state index contributed by atoms with van der Waals surface area (Å²) in [6, 6.07) is 6.16. The van der Waals surface area contributed by atoms with Gasteiger partial charge in [0.1, 0.15) is 11.0 Å². The van der Waals surface area contributed by atoms with Gasteiger partial charge in [0.2, 0.25) is 5.95 Å². The van der Waals surface area contributed by atoms with Crippen LogP contribution in [0.4, 0.5) is 10.2 Å². The molecule has 1 aliphatic heterocycles. The summed E-state index contributed by atoms with van der Waals surface area (Å²) in [5, 5.41) is -0.407. The third-order valence-corrected chi connectivity index (χ3v) is 6.75. The monoisotopic (exact) mass is 469 g/mol. The van der Waals surface area contributed by atoms with Crippen molar-refractivity contribution >= 4 is 33.3 Å². The second-order valence-electron chi connectivity index (χ2n) is 8.16. The van der Waals surface area contributed by atoms with Crippen LogP contribution in [-0.4, -0.2) is 42.9 Å². The van der Waals surface area contributed by atoms with E-state index in [0.717, 1.165) is 31.4 Å². The first-order valence-electron chi connectivity index (χ1n) is 9.87. The zero-order valence-electron chi connectivity index (χ0n) is 17.3. The molecular formula is C20H25ClFN5O3S. The molecule has 3 heterocycles. The lowest BCUT2D eigenvalue weighted by atomic mass is 9.93. The molecule has 1 saturated heterocycles. The fourth-order valence-electron chi connectivity index (χ4n) is 3.94. The van der Waals surface area contributed by atoms with Crippen molar-refractivity contribution < 1.29 is 17.6 Å². The van der Waals surface area contributed by atoms with E-state index in [1.807, 2.05) is 23.5 Å². The third-order valence-electron chi connectivity index (χ3n) is 5.31. The SMILES string of the molecule is CC1(C)C[C@@H](CCCN)CN1c1nc(Cl)ccc1C(=O)NS(=O)(=O)c1cccc(F)n1. The molecule has 0 radical (unpaired) electrons. The van der Waals surface area contributed by atoms with E-state index < -0.39 is 26.9 Å². The molecular weight excluding hydrogens is 445 g/mol. The number of aromatic nitrogens is 2. The zero-order chi connectivity index (χ0) is 22.8. The van der Waals surface area contributed by atoms with Crippen LogP contribution in [0.25, 0.3) is 0 Å². The van der Waals surface area contributed by atoms with Crippen LogP contribution in [0, 0.1) is 11.9 Å². The van der Waals surface area contributed by atoms with Gasteiger partial charge in [-0.1, -0.05) is 17.7 Å². The molecule has 168 valence electrons. The second-order valence-corrected chi connectivity index (χ2v) is 10.2. The summed E-state index contributed by atoms with van der Waals surface area (Å²) >= 11 is 6.10. The number of hydrogen-bond donors (Lipinski definition) is 2. The van der Waals surface area contributed by atoms with Crippen molar-refractivity contribution in [2.24, 2.45) is 11.7 Å². The molecule has 1 fully saturated rings. The lowest BCUT2D eigenvalue weighted by molar-refractivity contribution is 0.0981. The minimum atomic E-state index is -4.38. The molecule has 3 N–H and O–H groups in total. The van der Waals surface area contributed by atoms with E-state index in [2.05, 4.69) is 9.97 Å². The molecule has 1 amide bonds. The molecule has 1 aliphatic rings. The van der Waals surface area contributed by atoms with Gasteiger partial charge in [-0.15, -0.1) is 0 Å². The average Bonchev–Trinajstić information content (AvgIpc) is 3.00. The van der Waals surface area contributed by atoms with Gasteiger partial charge in [-0.25, -0.2) is 14.7 Å². The van der Waals surface area contributed by atoms with Crippen molar-refractivity contribution in [2.75, 3.05) is 18.0 Å². The maximum atomic E-state index is 13.4. The number of nitrogens with zero attached hydrogens (tertiary/aromatic N) is 3. The van der Waals surface area contributed by atoms with E-state index in [1.54, 1.807) is 0 Å². The highest BCUT2D eigenvalue weighted by Crippen LogP contribution is 2.39. The third kappa shape index (κ3) is 5.31. The summed E-state index contributed by atoms with van der Waals surface area (Å²) < 4.78 is 40.4. The van der Waals surface area contributed by atoms with Crippen LogP contribution in [0.15, 0.2) is 35.4 Å².